The molecule has 0 fully saturated rings. The lowest BCUT2D eigenvalue weighted by molar-refractivity contribution is -0.135. The highest BCUT2D eigenvalue weighted by atomic mass is 32.2. The van der Waals surface area contributed by atoms with Crippen LogP contribution in [0, 0.1) is 6.92 Å². The summed E-state index contributed by atoms with van der Waals surface area (Å²) in [6.07, 6.45) is 1.51. The fourth-order valence-corrected chi connectivity index (χ4v) is 4.97. The van der Waals surface area contributed by atoms with E-state index in [1.807, 2.05) is 42.0 Å². The van der Waals surface area contributed by atoms with Crippen LogP contribution in [0.15, 0.2) is 71.6 Å². The first-order chi connectivity index (χ1) is 18.1. The van der Waals surface area contributed by atoms with Crippen molar-refractivity contribution in [3.05, 3.63) is 89.0 Å². The Morgan fingerprint density at radius 1 is 0.921 bits per heavy atom. The molecule has 0 atom stereocenters. The number of rotatable bonds is 13. The lowest BCUT2D eigenvalue weighted by Crippen LogP contribution is -2.32. The van der Waals surface area contributed by atoms with Crippen molar-refractivity contribution in [2.24, 2.45) is 0 Å². The molecule has 0 aliphatic heterocycles. The smallest absolute Gasteiger partial charge is 0.318 e. The van der Waals surface area contributed by atoms with Crippen molar-refractivity contribution in [1.82, 2.24) is 9.62 Å². The fraction of sp³-hybridized carbons (Fsp3) is 0.286. The van der Waals surface area contributed by atoms with Gasteiger partial charge in [0.2, 0.25) is 10.0 Å². The molecule has 2 N–H and O–H groups in total. The van der Waals surface area contributed by atoms with E-state index in [9.17, 15) is 18.0 Å². The summed E-state index contributed by atoms with van der Waals surface area (Å²) in [7, 11) is -0.891. The average Bonchev–Trinajstić information content (AvgIpc) is 2.92. The van der Waals surface area contributed by atoms with E-state index in [-0.39, 0.29) is 17.3 Å². The highest BCUT2D eigenvalue weighted by Gasteiger charge is 2.21. The number of aliphatic carboxylic acids is 1. The van der Waals surface area contributed by atoms with Gasteiger partial charge in [-0.15, -0.1) is 0 Å². The molecule has 3 rings (SSSR count). The number of carbonyl (C=O) groups excluding carboxylic acids is 1. The van der Waals surface area contributed by atoms with Gasteiger partial charge in [0.1, 0.15) is 18.0 Å². The van der Waals surface area contributed by atoms with Gasteiger partial charge in [-0.25, -0.2) is 8.42 Å². The minimum Gasteiger partial charge on any atom is -0.496 e. The standard InChI is InChI=1S/C28H32N2O7S/c1-20-25(36-2)16-23(17-26(20)37-3)28(33)30(15-7-10-21-8-5-4-6-9-21)19-22-11-13-24(14-12-22)38(34,35)29-18-27(31)32/h4-6,8-9,11-14,16-17,29H,7,10,15,18-19H2,1-3H3,(H,31,32). The molecule has 202 valence electrons. The van der Waals surface area contributed by atoms with Gasteiger partial charge in [0.05, 0.1) is 19.1 Å². The van der Waals surface area contributed by atoms with Gasteiger partial charge in [-0.3, -0.25) is 9.59 Å². The summed E-state index contributed by atoms with van der Waals surface area (Å²) in [5, 5.41) is 8.76. The summed E-state index contributed by atoms with van der Waals surface area (Å²) in [5.41, 5.74) is 3.10. The van der Waals surface area contributed by atoms with Gasteiger partial charge in [-0.1, -0.05) is 42.5 Å². The van der Waals surface area contributed by atoms with Gasteiger partial charge in [0.15, 0.2) is 0 Å². The van der Waals surface area contributed by atoms with Gasteiger partial charge in [0, 0.05) is 24.2 Å². The fourth-order valence-electron chi connectivity index (χ4n) is 4.00. The van der Waals surface area contributed by atoms with Crippen LogP contribution in [0.1, 0.15) is 33.5 Å². The molecular weight excluding hydrogens is 508 g/mol. The molecule has 0 aliphatic rings. The molecule has 0 unspecified atom stereocenters. The second-order valence-electron chi connectivity index (χ2n) is 8.68. The Kier molecular flexibility index (Phi) is 9.86. The summed E-state index contributed by atoms with van der Waals surface area (Å²) < 4.78 is 37.6. The summed E-state index contributed by atoms with van der Waals surface area (Å²) in [4.78, 5) is 26.0. The first-order valence-corrected chi connectivity index (χ1v) is 13.5. The molecule has 1 amide bonds. The number of hydrogen-bond acceptors (Lipinski definition) is 6. The van der Waals surface area contributed by atoms with E-state index in [0.717, 1.165) is 24.0 Å². The van der Waals surface area contributed by atoms with Gasteiger partial charge >= 0.3 is 5.97 Å². The Morgan fingerprint density at radius 2 is 1.53 bits per heavy atom. The Bertz CT molecular complexity index is 1330. The summed E-state index contributed by atoms with van der Waals surface area (Å²) in [6.45, 7) is 1.85. The highest BCUT2D eigenvalue weighted by Crippen LogP contribution is 2.30. The number of carboxylic acid groups (broad SMARTS) is 1. The Hall–Kier alpha value is -3.89. The zero-order valence-electron chi connectivity index (χ0n) is 21.6. The molecule has 0 radical (unpaired) electrons. The zero-order chi connectivity index (χ0) is 27.7. The van der Waals surface area contributed by atoms with Crippen LogP contribution >= 0.6 is 0 Å². The van der Waals surface area contributed by atoms with Crippen LogP contribution in [-0.2, 0) is 27.8 Å². The maximum absolute atomic E-state index is 13.7. The van der Waals surface area contributed by atoms with E-state index >= 15 is 0 Å². The number of amides is 1. The number of methoxy groups -OCH3 is 2. The van der Waals surface area contributed by atoms with E-state index in [1.165, 1.54) is 31.9 Å². The maximum atomic E-state index is 13.7. The van der Waals surface area contributed by atoms with Crippen molar-refractivity contribution >= 4 is 21.9 Å². The highest BCUT2D eigenvalue weighted by molar-refractivity contribution is 7.89. The summed E-state index contributed by atoms with van der Waals surface area (Å²) in [5.74, 6) is -0.408. The van der Waals surface area contributed by atoms with Crippen LogP contribution in [0.3, 0.4) is 0 Å². The van der Waals surface area contributed by atoms with Crippen LogP contribution < -0.4 is 14.2 Å². The zero-order valence-corrected chi connectivity index (χ0v) is 22.5. The van der Waals surface area contributed by atoms with Crippen molar-refractivity contribution in [3.63, 3.8) is 0 Å². The first kappa shape index (κ1) is 28.7. The van der Waals surface area contributed by atoms with Gasteiger partial charge in [-0.05, 0) is 55.2 Å². The van der Waals surface area contributed by atoms with Crippen LogP contribution in [0.2, 0.25) is 0 Å². The Morgan fingerprint density at radius 3 is 2.08 bits per heavy atom. The molecule has 0 aromatic heterocycles. The van der Waals surface area contributed by atoms with Crippen LogP contribution in [0.4, 0.5) is 0 Å². The van der Waals surface area contributed by atoms with Gasteiger partial charge < -0.3 is 19.5 Å². The quantitative estimate of drug-likeness (QED) is 0.339. The van der Waals surface area contributed by atoms with Crippen LogP contribution in [0.25, 0.3) is 0 Å². The van der Waals surface area contributed by atoms with E-state index in [2.05, 4.69) is 0 Å². The molecule has 0 saturated carbocycles. The van der Waals surface area contributed by atoms with Crippen molar-refractivity contribution in [2.75, 3.05) is 27.3 Å². The average molecular weight is 541 g/mol. The maximum Gasteiger partial charge on any atom is 0.318 e. The van der Waals surface area contributed by atoms with E-state index in [1.54, 1.807) is 29.2 Å². The third-order valence-electron chi connectivity index (χ3n) is 6.04. The number of sulfonamides is 1. The largest absolute Gasteiger partial charge is 0.496 e. The van der Waals surface area contributed by atoms with Crippen molar-refractivity contribution in [1.29, 1.82) is 0 Å². The third kappa shape index (κ3) is 7.56. The lowest BCUT2D eigenvalue weighted by atomic mass is 10.1. The number of hydrogen-bond donors (Lipinski definition) is 2. The molecule has 9 nitrogen and oxygen atoms in total. The number of ether oxygens (including phenoxy) is 2. The predicted molar refractivity (Wildman–Crippen MR) is 143 cm³/mol. The molecule has 0 spiro atoms. The SMILES string of the molecule is COc1cc(C(=O)N(CCCc2ccccc2)Cc2ccc(S(=O)(=O)NCC(=O)O)cc2)cc(OC)c1C. The first-order valence-electron chi connectivity index (χ1n) is 12.0. The molecule has 3 aromatic carbocycles. The molecule has 3 aromatic rings. The number of nitrogens with one attached hydrogen (secondary N) is 1. The minimum absolute atomic E-state index is 0.0579. The molecule has 0 saturated heterocycles. The Labute approximate surface area is 223 Å². The van der Waals surface area contributed by atoms with Crippen molar-refractivity contribution < 1.29 is 32.6 Å². The van der Waals surface area contributed by atoms with Crippen molar-refractivity contribution in [3.8, 4) is 11.5 Å². The minimum atomic E-state index is -3.96. The molecule has 0 heterocycles. The van der Waals surface area contributed by atoms with E-state index < -0.39 is 22.5 Å². The topological polar surface area (TPSA) is 122 Å². The molecule has 0 bridgehead atoms. The second-order valence-corrected chi connectivity index (χ2v) is 10.5. The van der Waals surface area contributed by atoms with E-state index in [0.29, 0.717) is 23.6 Å². The monoisotopic (exact) mass is 540 g/mol. The number of nitrogens with zero attached hydrogens (tertiary/aromatic N) is 1. The van der Waals surface area contributed by atoms with Gasteiger partial charge in [0.25, 0.3) is 5.91 Å². The molecule has 0 aliphatic carbocycles. The normalized spacial score (nSPS) is 11.1. The summed E-state index contributed by atoms with van der Waals surface area (Å²) >= 11 is 0. The summed E-state index contributed by atoms with van der Waals surface area (Å²) in [6, 6.07) is 19.4. The third-order valence-corrected chi connectivity index (χ3v) is 7.46. The Balaban J connectivity index is 1.84. The van der Waals surface area contributed by atoms with Crippen LogP contribution in [0.5, 0.6) is 11.5 Å². The number of benzene rings is 3. The van der Waals surface area contributed by atoms with Crippen LogP contribution in [-0.4, -0.2) is 57.6 Å². The number of carbonyl (C=O) groups is 2. The molecule has 10 heteroatoms. The van der Waals surface area contributed by atoms with E-state index in [4.69, 9.17) is 14.6 Å². The van der Waals surface area contributed by atoms with Crippen molar-refractivity contribution in [2.45, 2.75) is 31.2 Å². The predicted octanol–water partition coefficient (Wildman–Crippen LogP) is 3.65. The second kappa shape index (κ2) is 13.1. The molecular formula is C28H32N2O7S. The van der Waals surface area contributed by atoms with Gasteiger partial charge in [-0.2, -0.15) is 4.72 Å². The number of carboxylic acids is 1. The molecule has 38 heavy (non-hydrogen) atoms. The lowest BCUT2D eigenvalue weighted by Gasteiger charge is -2.24. The number of aryl methyl sites for hydroxylation is 1.